The van der Waals surface area contributed by atoms with E-state index in [0.29, 0.717) is 11.1 Å². The highest BCUT2D eigenvalue weighted by atomic mass is 35.7. The van der Waals surface area contributed by atoms with Crippen molar-refractivity contribution in [2.24, 2.45) is 0 Å². The maximum absolute atomic E-state index is 12.7. The van der Waals surface area contributed by atoms with Crippen molar-refractivity contribution < 1.29 is 13.2 Å². The van der Waals surface area contributed by atoms with Gasteiger partial charge in [-0.05, 0) is 56.4 Å². The van der Waals surface area contributed by atoms with Gasteiger partial charge in [-0.3, -0.25) is 4.79 Å². The van der Waals surface area contributed by atoms with Gasteiger partial charge in [0.1, 0.15) is 0 Å². The fourth-order valence-electron chi connectivity index (χ4n) is 2.87. The van der Waals surface area contributed by atoms with Crippen LogP contribution in [0.4, 0.5) is 0 Å². The fraction of sp³-hybridized carbons (Fsp3) is 0.533. The molecule has 0 N–H and O–H groups in total. The molecule has 1 heterocycles. The van der Waals surface area contributed by atoms with Crippen LogP contribution in [0.3, 0.4) is 0 Å². The van der Waals surface area contributed by atoms with Gasteiger partial charge in [-0.25, -0.2) is 8.42 Å². The number of piperidine rings is 1. The van der Waals surface area contributed by atoms with Crippen LogP contribution in [-0.4, -0.2) is 31.8 Å². The summed E-state index contributed by atoms with van der Waals surface area (Å²) in [6.45, 7) is 4.56. The number of hydrogen-bond acceptors (Lipinski definition) is 3. The highest BCUT2D eigenvalue weighted by Crippen LogP contribution is 2.24. The molecule has 21 heavy (non-hydrogen) atoms. The van der Waals surface area contributed by atoms with E-state index in [2.05, 4.69) is 6.92 Å². The molecule has 0 saturated carbocycles. The molecule has 1 saturated heterocycles. The quantitative estimate of drug-likeness (QED) is 0.799. The molecular formula is C15H20ClNO3S. The smallest absolute Gasteiger partial charge is 0.261 e. The molecule has 6 heteroatoms. The zero-order valence-corrected chi connectivity index (χ0v) is 13.9. The molecule has 0 aromatic heterocycles. The second-order valence-corrected chi connectivity index (χ2v) is 8.09. The Balaban J connectivity index is 2.37. The summed E-state index contributed by atoms with van der Waals surface area (Å²) in [5, 5.41) is 0. The van der Waals surface area contributed by atoms with E-state index in [0.717, 1.165) is 32.2 Å². The normalized spacial score (nSPS) is 19.6. The Kier molecular flexibility index (Phi) is 4.94. The summed E-state index contributed by atoms with van der Waals surface area (Å²) < 4.78 is 23.0. The molecule has 1 amide bonds. The number of nitrogens with zero attached hydrogens (tertiary/aromatic N) is 1. The molecule has 1 atom stereocenters. The van der Waals surface area contributed by atoms with Gasteiger partial charge in [-0.2, -0.15) is 0 Å². The van der Waals surface area contributed by atoms with Gasteiger partial charge in [0.2, 0.25) is 0 Å². The monoisotopic (exact) mass is 329 g/mol. The van der Waals surface area contributed by atoms with Crippen molar-refractivity contribution in [1.29, 1.82) is 0 Å². The number of carbonyl (C=O) groups is 1. The molecule has 1 aliphatic heterocycles. The highest BCUT2D eigenvalue weighted by Gasteiger charge is 2.27. The zero-order valence-electron chi connectivity index (χ0n) is 12.3. The molecule has 4 nitrogen and oxygen atoms in total. The Labute approximate surface area is 130 Å². The predicted octanol–water partition coefficient (Wildman–Crippen LogP) is 3.33. The summed E-state index contributed by atoms with van der Waals surface area (Å²) in [6, 6.07) is 4.81. The van der Waals surface area contributed by atoms with Crippen molar-refractivity contribution in [3.63, 3.8) is 0 Å². The van der Waals surface area contributed by atoms with Gasteiger partial charge >= 0.3 is 0 Å². The molecule has 1 fully saturated rings. The molecule has 1 aromatic carbocycles. The van der Waals surface area contributed by atoms with Crippen LogP contribution in [0.5, 0.6) is 0 Å². The predicted molar refractivity (Wildman–Crippen MR) is 83.2 cm³/mol. The van der Waals surface area contributed by atoms with Crippen LogP contribution in [0.1, 0.15) is 48.5 Å². The third-order valence-corrected chi connectivity index (χ3v) is 5.27. The topological polar surface area (TPSA) is 54.5 Å². The molecule has 1 aromatic rings. The van der Waals surface area contributed by atoms with Crippen LogP contribution in [0.25, 0.3) is 0 Å². The number of halogens is 1. The van der Waals surface area contributed by atoms with Gasteiger partial charge in [0.15, 0.2) is 0 Å². The SMILES string of the molecule is CCC1CCCCN1C(=O)c1cc(C)cc(S(=O)(=O)Cl)c1. The van der Waals surface area contributed by atoms with E-state index in [9.17, 15) is 13.2 Å². The van der Waals surface area contributed by atoms with E-state index >= 15 is 0 Å². The van der Waals surface area contributed by atoms with Crippen molar-refractivity contribution in [3.8, 4) is 0 Å². The number of rotatable bonds is 3. The van der Waals surface area contributed by atoms with Crippen LogP contribution in [-0.2, 0) is 9.05 Å². The third kappa shape index (κ3) is 3.77. The summed E-state index contributed by atoms with van der Waals surface area (Å²) in [7, 11) is 1.57. The fourth-order valence-corrected chi connectivity index (χ4v) is 3.73. The van der Waals surface area contributed by atoms with Gasteiger partial charge in [-0.1, -0.05) is 6.92 Å². The van der Waals surface area contributed by atoms with E-state index in [1.54, 1.807) is 13.0 Å². The van der Waals surface area contributed by atoms with Crippen LogP contribution < -0.4 is 0 Å². The lowest BCUT2D eigenvalue weighted by Crippen LogP contribution is -2.43. The molecule has 1 unspecified atom stereocenters. The lowest BCUT2D eigenvalue weighted by molar-refractivity contribution is 0.0607. The number of benzene rings is 1. The maximum atomic E-state index is 12.7. The first-order valence-corrected chi connectivity index (χ1v) is 9.51. The summed E-state index contributed by atoms with van der Waals surface area (Å²) in [4.78, 5) is 14.5. The Hall–Kier alpha value is -1.07. The zero-order chi connectivity index (χ0) is 15.6. The molecule has 2 rings (SSSR count). The van der Waals surface area contributed by atoms with E-state index in [-0.39, 0.29) is 16.8 Å². The average molecular weight is 330 g/mol. The third-order valence-electron chi connectivity index (χ3n) is 3.94. The first kappa shape index (κ1) is 16.3. The Morgan fingerprint density at radius 1 is 1.33 bits per heavy atom. The van der Waals surface area contributed by atoms with E-state index in [1.807, 2.05) is 4.90 Å². The van der Waals surface area contributed by atoms with Gasteiger partial charge in [0.05, 0.1) is 4.90 Å². The average Bonchev–Trinajstić information content (AvgIpc) is 2.45. The summed E-state index contributed by atoms with van der Waals surface area (Å²) in [5.74, 6) is -0.105. The molecular weight excluding hydrogens is 310 g/mol. The summed E-state index contributed by atoms with van der Waals surface area (Å²) >= 11 is 0. The van der Waals surface area contributed by atoms with Crippen molar-refractivity contribution in [3.05, 3.63) is 29.3 Å². The van der Waals surface area contributed by atoms with Crippen molar-refractivity contribution in [1.82, 2.24) is 4.90 Å². The van der Waals surface area contributed by atoms with Crippen LogP contribution in [0, 0.1) is 6.92 Å². The van der Waals surface area contributed by atoms with Gasteiger partial charge in [-0.15, -0.1) is 0 Å². The first-order chi connectivity index (χ1) is 9.82. The van der Waals surface area contributed by atoms with Crippen LogP contribution in [0.2, 0.25) is 0 Å². The van der Waals surface area contributed by atoms with Crippen LogP contribution in [0.15, 0.2) is 23.1 Å². The molecule has 0 spiro atoms. The van der Waals surface area contributed by atoms with Gasteiger partial charge in [0.25, 0.3) is 15.0 Å². The minimum atomic E-state index is -3.83. The Bertz CT molecular complexity index is 642. The number of hydrogen-bond donors (Lipinski definition) is 0. The van der Waals surface area contributed by atoms with Crippen molar-refractivity contribution in [2.45, 2.75) is 50.5 Å². The minimum Gasteiger partial charge on any atom is -0.336 e. The Morgan fingerprint density at radius 3 is 2.67 bits per heavy atom. The highest BCUT2D eigenvalue weighted by molar-refractivity contribution is 8.13. The van der Waals surface area contributed by atoms with E-state index in [4.69, 9.17) is 10.7 Å². The molecule has 116 valence electrons. The number of likely N-dealkylation sites (tertiary alicyclic amines) is 1. The van der Waals surface area contributed by atoms with Crippen molar-refractivity contribution >= 4 is 25.6 Å². The maximum Gasteiger partial charge on any atom is 0.261 e. The molecule has 1 aliphatic rings. The largest absolute Gasteiger partial charge is 0.336 e. The standard InChI is InChI=1S/C15H20ClNO3S/c1-3-13-6-4-5-7-17(13)15(18)12-8-11(2)9-14(10-12)21(16,19)20/h8-10,13H,3-7H2,1-2H3. The molecule has 0 radical (unpaired) electrons. The summed E-state index contributed by atoms with van der Waals surface area (Å²) in [5.41, 5.74) is 1.11. The summed E-state index contributed by atoms with van der Waals surface area (Å²) in [6.07, 6.45) is 4.05. The molecule has 0 aliphatic carbocycles. The Morgan fingerprint density at radius 2 is 2.05 bits per heavy atom. The molecule has 0 bridgehead atoms. The lowest BCUT2D eigenvalue weighted by atomic mass is 9.98. The van der Waals surface area contributed by atoms with Gasteiger partial charge in [0, 0.05) is 28.8 Å². The minimum absolute atomic E-state index is 0.0161. The first-order valence-electron chi connectivity index (χ1n) is 7.20. The van der Waals surface area contributed by atoms with Crippen molar-refractivity contribution in [2.75, 3.05) is 6.54 Å². The lowest BCUT2D eigenvalue weighted by Gasteiger charge is -2.35. The van der Waals surface area contributed by atoms with Crippen LogP contribution >= 0.6 is 10.7 Å². The number of aryl methyl sites for hydroxylation is 1. The van der Waals surface area contributed by atoms with Gasteiger partial charge < -0.3 is 4.90 Å². The number of amides is 1. The van der Waals surface area contributed by atoms with E-state index in [1.165, 1.54) is 12.1 Å². The second kappa shape index (κ2) is 6.36. The number of carbonyl (C=O) groups excluding carboxylic acids is 1. The van der Waals surface area contributed by atoms with E-state index < -0.39 is 9.05 Å². The second-order valence-electron chi connectivity index (χ2n) is 5.53.